The zero-order chi connectivity index (χ0) is 25.1. The molecule has 2 amide bonds. The molecule has 1 saturated heterocycles. The van der Waals surface area contributed by atoms with Gasteiger partial charge >= 0.3 is 0 Å². The molecule has 0 spiro atoms. The molecule has 1 saturated carbocycles. The molecule has 0 atom stereocenters. The van der Waals surface area contributed by atoms with Crippen LogP contribution in [0, 0.1) is 5.92 Å². The van der Waals surface area contributed by atoms with Crippen molar-refractivity contribution in [3.05, 3.63) is 63.0 Å². The molecule has 7 nitrogen and oxygen atoms in total. The Kier molecular flexibility index (Phi) is 7.85. The predicted molar refractivity (Wildman–Crippen MR) is 140 cm³/mol. The van der Waals surface area contributed by atoms with E-state index >= 15 is 0 Å². The van der Waals surface area contributed by atoms with E-state index in [2.05, 4.69) is 4.90 Å². The van der Waals surface area contributed by atoms with Crippen LogP contribution in [-0.4, -0.2) is 66.0 Å². The van der Waals surface area contributed by atoms with E-state index in [1.165, 1.54) is 0 Å². The first-order valence-electron chi connectivity index (χ1n) is 12.6. The van der Waals surface area contributed by atoms with Crippen LogP contribution in [0.1, 0.15) is 66.3 Å². The number of pyridine rings is 1. The van der Waals surface area contributed by atoms with Crippen molar-refractivity contribution in [2.75, 3.05) is 44.7 Å². The number of rotatable bonds is 6. The van der Waals surface area contributed by atoms with Crippen LogP contribution in [0.15, 0.2) is 41.5 Å². The monoisotopic (exact) mass is 498 g/mol. The van der Waals surface area contributed by atoms with Gasteiger partial charge < -0.3 is 19.3 Å². The summed E-state index contributed by atoms with van der Waals surface area (Å²) in [6.07, 6.45) is 7.56. The molecule has 4 rings (SSSR count). The van der Waals surface area contributed by atoms with Crippen molar-refractivity contribution in [1.29, 1.82) is 0 Å². The summed E-state index contributed by atoms with van der Waals surface area (Å²) in [5.41, 5.74) is 0.733. The van der Waals surface area contributed by atoms with E-state index in [1.54, 1.807) is 29.2 Å². The highest BCUT2D eigenvalue weighted by molar-refractivity contribution is 6.30. The molecule has 2 aromatic rings. The first-order chi connectivity index (χ1) is 16.7. The number of carbonyl (C=O) groups is 2. The normalized spacial score (nSPS) is 16.7. The van der Waals surface area contributed by atoms with Gasteiger partial charge in [-0.25, -0.2) is 0 Å². The Hall–Kier alpha value is -2.80. The third-order valence-corrected chi connectivity index (χ3v) is 7.21. The van der Waals surface area contributed by atoms with Crippen molar-refractivity contribution in [3.63, 3.8) is 0 Å². The second-order valence-corrected chi connectivity index (χ2v) is 10.6. The van der Waals surface area contributed by atoms with Crippen LogP contribution >= 0.6 is 11.6 Å². The Balaban J connectivity index is 1.59. The number of carbonyl (C=O) groups excluding carboxylic acids is 2. The maximum absolute atomic E-state index is 13.6. The van der Waals surface area contributed by atoms with E-state index < -0.39 is 5.43 Å². The summed E-state index contributed by atoms with van der Waals surface area (Å²) in [6, 6.07) is 7.89. The van der Waals surface area contributed by atoms with Gasteiger partial charge in [0, 0.05) is 68.9 Å². The smallest absolute Gasteiger partial charge is 0.259 e. The SMILES string of the molecule is CC(C)CN(C)C(=O)c1cn(C2CCCC2)cc(C(=O)N2CCN(c3cccc(Cl)c3)CC2)c1=O. The minimum atomic E-state index is -0.470. The number of hydrogen-bond donors (Lipinski definition) is 0. The standard InChI is InChI=1S/C27H35ClN4O3/c1-19(2)16-29(3)26(34)23-17-32(21-8-4-5-9-21)18-24(25(23)33)27(35)31-13-11-30(12-14-31)22-10-6-7-20(28)15-22/h6-7,10,15,17-19,21H,4-5,8-9,11-14,16H2,1-3H3. The third-order valence-electron chi connectivity index (χ3n) is 6.98. The maximum Gasteiger partial charge on any atom is 0.259 e. The average Bonchev–Trinajstić information content (AvgIpc) is 3.38. The Morgan fingerprint density at radius 2 is 1.71 bits per heavy atom. The molecule has 35 heavy (non-hydrogen) atoms. The van der Waals surface area contributed by atoms with Crippen LogP contribution < -0.4 is 10.3 Å². The van der Waals surface area contributed by atoms with E-state index in [0.29, 0.717) is 37.7 Å². The summed E-state index contributed by atoms with van der Waals surface area (Å²) >= 11 is 6.14. The quantitative estimate of drug-likeness (QED) is 0.595. The predicted octanol–water partition coefficient (Wildman–Crippen LogP) is 4.31. The topological polar surface area (TPSA) is 65.9 Å². The van der Waals surface area contributed by atoms with Gasteiger partial charge in [0.05, 0.1) is 0 Å². The lowest BCUT2D eigenvalue weighted by atomic mass is 10.1. The molecule has 2 heterocycles. The summed E-state index contributed by atoms with van der Waals surface area (Å²) in [5, 5.41) is 0.678. The zero-order valence-corrected chi connectivity index (χ0v) is 21.6. The fourth-order valence-corrected chi connectivity index (χ4v) is 5.35. The van der Waals surface area contributed by atoms with Gasteiger partial charge in [0.1, 0.15) is 11.1 Å². The van der Waals surface area contributed by atoms with Crippen molar-refractivity contribution in [2.45, 2.75) is 45.6 Å². The summed E-state index contributed by atoms with van der Waals surface area (Å²) in [7, 11) is 1.71. The van der Waals surface area contributed by atoms with Crippen molar-refractivity contribution in [1.82, 2.24) is 14.4 Å². The Bertz CT molecular complexity index is 1130. The summed E-state index contributed by atoms with van der Waals surface area (Å²) in [5.74, 6) is -0.342. The number of aromatic nitrogens is 1. The number of halogens is 1. The second-order valence-electron chi connectivity index (χ2n) is 10.1. The van der Waals surface area contributed by atoms with E-state index in [9.17, 15) is 14.4 Å². The number of piperazine rings is 1. The minimum Gasteiger partial charge on any atom is -0.368 e. The first kappa shape index (κ1) is 25.3. The summed E-state index contributed by atoms with van der Waals surface area (Å²) < 4.78 is 1.94. The number of amides is 2. The first-order valence-corrected chi connectivity index (χ1v) is 12.9. The number of nitrogens with zero attached hydrogens (tertiary/aromatic N) is 4. The van der Waals surface area contributed by atoms with E-state index in [0.717, 1.165) is 31.4 Å². The summed E-state index contributed by atoms with van der Waals surface area (Å²) in [4.78, 5) is 45.7. The number of benzene rings is 1. The molecule has 8 heteroatoms. The van der Waals surface area contributed by atoms with Gasteiger partial charge in [0.25, 0.3) is 11.8 Å². The highest BCUT2D eigenvalue weighted by Gasteiger charge is 2.29. The van der Waals surface area contributed by atoms with Gasteiger partial charge in [-0.15, -0.1) is 0 Å². The average molecular weight is 499 g/mol. The van der Waals surface area contributed by atoms with Gasteiger partial charge in [0.2, 0.25) is 5.43 Å². The van der Waals surface area contributed by atoms with Gasteiger partial charge in [-0.1, -0.05) is 44.4 Å². The van der Waals surface area contributed by atoms with Gasteiger partial charge in [0.15, 0.2) is 0 Å². The van der Waals surface area contributed by atoms with Gasteiger partial charge in [-0.3, -0.25) is 14.4 Å². The number of hydrogen-bond acceptors (Lipinski definition) is 4. The van der Waals surface area contributed by atoms with Crippen molar-refractivity contribution in [3.8, 4) is 0 Å². The highest BCUT2D eigenvalue weighted by atomic mass is 35.5. The molecule has 1 aromatic heterocycles. The largest absolute Gasteiger partial charge is 0.368 e. The molecule has 2 fully saturated rings. The second kappa shape index (κ2) is 10.9. The van der Waals surface area contributed by atoms with Crippen molar-refractivity contribution >= 4 is 29.1 Å². The molecule has 188 valence electrons. The molecule has 2 aliphatic rings. The fourth-order valence-electron chi connectivity index (χ4n) is 5.16. The molecule has 1 aromatic carbocycles. The summed E-state index contributed by atoms with van der Waals surface area (Å²) in [6.45, 7) is 6.91. The molecule has 0 N–H and O–H groups in total. The Labute approximate surface area is 212 Å². The van der Waals surface area contributed by atoms with E-state index in [-0.39, 0.29) is 34.9 Å². The molecule has 0 bridgehead atoms. The minimum absolute atomic E-state index is 0.0865. The van der Waals surface area contributed by atoms with Crippen molar-refractivity contribution < 1.29 is 9.59 Å². The molecule has 0 unspecified atom stereocenters. The van der Waals surface area contributed by atoms with Crippen LogP contribution in [0.4, 0.5) is 5.69 Å². The van der Waals surface area contributed by atoms with E-state index in [1.807, 2.05) is 42.7 Å². The third kappa shape index (κ3) is 5.72. The highest BCUT2D eigenvalue weighted by Crippen LogP contribution is 2.29. The van der Waals surface area contributed by atoms with Crippen LogP contribution in [0.25, 0.3) is 0 Å². The zero-order valence-electron chi connectivity index (χ0n) is 20.9. The number of anilines is 1. The Morgan fingerprint density at radius 1 is 1.06 bits per heavy atom. The lowest BCUT2D eigenvalue weighted by Crippen LogP contribution is -2.50. The van der Waals surface area contributed by atoms with Crippen LogP contribution in [0.2, 0.25) is 5.02 Å². The fraction of sp³-hybridized carbons (Fsp3) is 0.519. The van der Waals surface area contributed by atoms with E-state index in [4.69, 9.17) is 11.6 Å². The van der Waals surface area contributed by atoms with Crippen LogP contribution in [-0.2, 0) is 0 Å². The molecule has 1 aliphatic heterocycles. The van der Waals surface area contributed by atoms with Gasteiger partial charge in [-0.2, -0.15) is 0 Å². The lowest BCUT2D eigenvalue weighted by Gasteiger charge is -2.36. The maximum atomic E-state index is 13.6. The molecular formula is C27H35ClN4O3. The van der Waals surface area contributed by atoms with Crippen LogP contribution in [0.5, 0.6) is 0 Å². The molecular weight excluding hydrogens is 464 g/mol. The van der Waals surface area contributed by atoms with Gasteiger partial charge in [-0.05, 0) is 37.0 Å². The lowest BCUT2D eigenvalue weighted by molar-refractivity contribution is 0.0744. The molecule has 0 radical (unpaired) electrons. The Morgan fingerprint density at radius 3 is 2.34 bits per heavy atom. The van der Waals surface area contributed by atoms with Crippen molar-refractivity contribution in [2.24, 2.45) is 5.92 Å². The van der Waals surface area contributed by atoms with Crippen LogP contribution in [0.3, 0.4) is 0 Å². The molecule has 1 aliphatic carbocycles.